The van der Waals surface area contributed by atoms with E-state index in [1.807, 2.05) is 6.20 Å². The highest BCUT2D eigenvalue weighted by atomic mass is 15.3. The Balaban J connectivity index is 2.03. The molecule has 3 nitrogen and oxygen atoms in total. The molecule has 0 aliphatic rings. The molecule has 1 heterocycles. The largest absolute Gasteiger partial charge is 0.312 e. The van der Waals surface area contributed by atoms with Gasteiger partial charge < -0.3 is 5.32 Å². The Morgan fingerprint density at radius 3 is 2.56 bits per heavy atom. The maximum atomic E-state index is 4.27. The molecule has 0 unspecified atom stereocenters. The quantitative estimate of drug-likeness (QED) is 0.752. The summed E-state index contributed by atoms with van der Waals surface area (Å²) in [6, 6.07) is 2.06. The molecule has 0 aliphatic heterocycles. The molecule has 0 aliphatic carbocycles. The Hall–Kier alpha value is -0.830. The van der Waals surface area contributed by atoms with Crippen LogP contribution in [0.15, 0.2) is 12.3 Å². The summed E-state index contributed by atoms with van der Waals surface area (Å²) in [5.74, 6) is 0. The summed E-state index contributed by atoms with van der Waals surface area (Å²) < 4.78 is 2.08. The average Bonchev–Trinajstić information content (AvgIpc) is 2.56. The average molecular weight is 223 g/mol. The van der Waals surface area contributed by atoms with Crippen molar-refractivity contribution >= 4 is 0 Å². The van der Waals surface area contributed by atoms with E-state index in [2.05, 4.69) is 48.9 Å². The van der Waals surface area contributed by atoms with Crippen LogP contribution in [-0.4, -0.2) is 21.9 Å². The van der Waals surface area contributed by atoms with Gasteiger partial charge in [-0.2, -0.15) is 5.10 Å². The molecule has 16 heavy (non-hydrogen) atoms. The van der Waals surface area contributed by atoms with E-state index in [1.165, 1.54) is 25.0 Å². The predicted octanol–water partition coefficient (Wildman–Crippen LogP) is 2.75. The number of hydrogen-bond donors (Lipinski definition) is 1. The molecule has 1 aromatic rings. The number of nitrogens with one attached hydrogen (secondary N) is 1. The van der Waals surface area contributed by atoms with Crippen LogP contribution in [0, 0.1) is 6.92 Å². The van der Waals surface area contributed by atoms with Gasteiger partial charge in [-0.3, -0.25) is 4.68 Å². The Morgan fingerprint density at radius 1 is 1.25 bits per heavy atom. The summed E-state index contributed by atoms with van der Waals surface area (Å²) in [6.45, 7) is 10.9. The highest BCUT2D eigenvalue weighted by Crippen LogP contribution is 2.03. The first-order valence-electron chi connectivity index (χ1n) is 6.22. The summed E-state index contributed by atoms with van der Waals surface area (Å²) in [6.07, 6.45) is 5.60. The smallest absolute Gasteiger partial charge is 0.0492 e. The monoisotopic (exact) mass is 223 g/mol. The molecule has 0 saturated carbocycles. The second-order valence-electron chi connectivity index (χ2n) is 5.43. The number of aromatic nitrogens is 2. The van der Waals surface area contributed by atoms with Gasteiger partial charge in [0.15, 0.2) is 0 Å². The fourth-order valence-corrected chi connectivity index (χ4v) is 1.66. The first kappa shape index (κ1) is 13.2. The van der Waals surface area contributed by atoms with Crippen molar-refractivity contribution in [2.24, 2.45) is 0 Å². The summed E-state index contributed by atoms with van der Waals surface area (Å²) in [5.41, 5.74) is 1.51. The number of hydrogen-bond acceptors (Lipinski definition) is 2. The highest BCUT2D eigenvalue weighted by molar-refractivity contribution is 4.96. The lowest BCUT2D eigenvalue weighted by molar-refractivity contribution is 0.413. The maximum Gasteiger partial charge on any atom is 0.0492 e. The molecule has 0 saturated heterocycles. The molecule has 0 atom stereocenters. The van der Waals surface area contributed by atoms with Crippen LogP contribution in [0.2, 0.25) is 0 Å². The lowest BCUT2D eigenvalue weighted by atomic mass is 10.1. The molecular formula is C13H25N3. The van der Waals surface area contributed by atoms with Gasteiger partial charge in [0.05, 0.1) is 0 Å². The van der Waals surface area contributed by atoms with E-state index in [-0.39, 0.29) is 5.54 Å². The molecule has 3 heteroatoms. The predicted molar refractivity (Wildman–Crippen MR) is 68.6 cm³/mol. The van der Waals surface area contributed by atoms with Crippen LogP contribution in [0.3, 0.4) is 0 Å². The van der Waals surface area contributed by atoms with E-state index >= 15 is 0 Å². The topological polar surface area (TPSA) is 29.9 Å². The Labute approximate surface area is 99.2 Å². The minimum atomic E-state index is 0.249. The molecule has 0 amide bonds. The van der Waals surface area contributed by atoms with Gasteiger partial charge in [0.25, 0.3) is 0 Å². The lowest BCUT2D eigenvalue weighted by Gasteiger charge is -2.20. The first-order chi connectivity index (χ1) is 7.49. The van der Waals surface area contributed by atoms with Crippen LogP contribution in [0.4, 0.5) is 0 Å². The Kier molecular flexibility index (Phi) is 5.00. The van der Waals surface area contributed by atoms with Crippen LogP contribution >= 0.6 is 0 Å². The summed E-state index contributed by atoms with van der Waals surface area (Å²) >= 11 is 0. The zero-order valence-electron chi connectivity index (χ0n) is 11.1. The number of rotatable bonds is 6. The van der Waals surface area contributed by atoms with E-state index in [0.717, 1.165) is 13.1 Å². The molecule has 1 rings (SSSR count). The number of aryl methyl sites for hydroxylation is 2. The van der Waals surface area contributed by atoms with Crippen molar-refractivity contribution < 1.29 is 0 Å². The van der Waals surface area contributed by atoms with Crippen molar-refractivity contribution in [1.29, 1.82) is 0 Å². The van der Waals surface area contributed by atoms with E-state index in [0.29, 0.717) is 0 Å². The summed E-state index contributed by atoms with van der Waals surface area (Å²) in [7, 11) is 0. The zero-order valence-corrected chi connectivity index (χ0v) is 11.1. The molecule has 0 aromatic carbocycles. The van der Waals surface area contributed by atoms with Gasteiger partial charge in [0.1, 0.15) is 0 Å². The molecule has 0 spiro atoms. The van der Waals surface area contributed by atoms with Gasteiger partial charge in [0.2, 0.25) is 0 Å². The Morgan fingerprint density at radius 2 is 2.00 bits per heavy atom. The van der Waals surface area contributed by atoms with E-state index < -0.39 is 0 Å². The normalized spacial score (nSPS) is 12.0. The van der Waals surface area contributed by atoms with Gasteiger partial charge in [-0.15, -0.1) is 0 Å². The van der Waals surface area contributed by atoms with Crippen LogP contribution in [0.5, 0.6) is 0 Å². The second-order valence-corrected chi connectivity index (χ2v) is 5.43. The maximum absolute atomic E-state index is 4.27. The fraction of sp³-hybridized carbons (Fsp3) is 0.769. The lowest BCUT2D eigenvalue weighted by Crippen LogP contribution is -2.36. The van der Waals surface area contributed by atoms with E-state index in [4.69, 9.17) is 0 Å². The van der Waals surface area contributed by atoms with Crippen molar-refractivity contribution in [2.45, 2.75) is 59.0 Å². The highest BCUT2D eigenvalue weighted by Gasteiger charge is 2.06. The number of nitrogens with zero attached hydrogens (tertiary/aromatic N) is 2. The van der Waals surface area contributed by atoms with E-state index in [1.54, 1.807) is 0 Å². The Bertz CT molecular complexity index is 296. The van der Waals surface area contributed by atoms with Crippen molar-refractivity contribution in [1.82, 2.24) is 15.1 Å². The van der Waals surface area contributed by atoms with Crippen molar-refractivity contribution in [2.75, 3.05) is 6.54 Å². The molecule has 0 fully saturated rings. The minimum absolute atomic E-state index is 0.249. The molecule has 0 bridgehead atoms. The first-order valence-corrected chi connectivity index (χ1v) is 6.22. The molecular weight excluding hydrogens is 198 g/mol. The van der Waals surface area contributed by atoms with Crippen LogP contribution in [0.1, 0.15) is 45.7 Å². The zero-order chi connectivity index (χ0) is 12.0. The molecule has 92 valence electrons. The van der Waals surface area contributed by atoms with Gasteiger partial charge in [-0.1, -0.05) is 6.42 Å². The van der Waals surface area contributed by atoms with Gasteiger partial charge in [-0.25, -0.2) is 0 Å². The van der Waals surface area contributed by atoms with Crippen molar-refractivity contribution in [3.05, 3.63) is 18.0 Å². The van der Waals surface area contributed by atoms with E-state index in [9.17, 15) is 0 Å². The van der Waals surface area contributed by atoms with Crippen LogP contribution in [-0.2, 0) is 6.54 Å². The molecule has 0 radical (unpaired) electrons. The molecule has 1 aromatic heterocycles. The fourth-order valence-electron chi connectivity index (χ4n) is 1.66. The summed E-state index contributed by atoms with van der Waals surface area (Å²) in [5, 5.41) is 7.78. The van der Waals surface area contributed by atoms with Gasteiger partial charge >= 0.3 is 0 Å². The van der Waals surface area contributed by atoms with Crippen molar-refractivity contribution in [3.8, 4) is 0 Å². The van der Waals surface area contributed by atoms with Gasteiger partial charge in [0, 0.05) is 24.0 Å². The van der Waals surface area contributed by atoms with Crippen LogP contribution < -0.4 is 5.32 Å². The number of unbranched alkanes of at least 4 members (excludes halogenated alkanes) is 2. The standard InChI is InChI=1S/C13H25N3/c1-12-8-10-15-16(12)11-7-5-6-9-14-13(2,3)4/h8,10,14H,5-7,9,11H2,1-4H3. The third kappa shape index (κ3) is 5.31. The van der Waals surface area contributed by atoms with Crippen molar-refractivity contribution in [3.63, 3.8) is 0 Å². The minimum Gasteiger partial charge on any atom is -0.312 e. The second kappa shape index (κ2) is 6.04. The molecule has 1 N–H and O–H groups in total. The van der Waals surface area contributed by atoms with Gasteiger partial charge in [-0.05, 0) is 53.1 Å². The third-order valence-corrected chi connectivity index (χ3v) is 2.63. The third-order valence-electron chi connectivity index (χ3n) is 2.63. The van der Waals surface area contributed by atoms with Crippen LogP contribution in [0.25, 0.3) is 0 Å². The summed E-state index contributed by atoms with van der Waals surface area (Å²) in [4.78, 5) is 0. The SMILES string of the molecule is Cc1ccnn1CCCCCNC(C)(C)C.